The van der Waals surface area contributed by atoms with Crippen LogP contribution in [0.15, 0.2) is 18.2 Å². The summed E-state index contributed by atoms with van der Waals surface area (Å²) in [7, 11) is 3.97. The van der Waals surface area contributed by atoms with Crippen LogP contribution < -0.4 is 14.8 Å². The molecule has 1 rings (SSSR count). The second-order valence-electron chi connectivity index (χ2n) is 5.86. The van der Waals surface area contributed by atoms with Crippen LogP contribution >= 0.6 is 0 Å². The van der Waals surface area contributed by atoms with E-state index in [0.717, 1.165) is 12.1 Å². The van der Waals surface area contributed by atoms with Gasteiger partial charge in [-0.2, -0.15) is 0 Å². The second-order valence-corrected chi connectivity index (χ2v) is 5.86. The van der Waals surface area contributed by atoms with Gasteiger partial charge in [-0.15, -0.1) is 0 Å². The first-order valence-electron chi connectivity index (χ1n) is 8.44. The Bertz CT molecular complexity index is 560. The average Bonchev–Trinajstić information content (AvgIpc) is 2.55. The summed E-state index contributed by atoms with van der Waals surface area (Å²) in [5, 5.41) is 11.3. The van der Waals surface area contributed by atoms with Gasteiger partial charge in [0, 0.05) is 19.5 Å². The Morgan fingerprint density at radius 1 is 1.16 bits per heavy atom. The molecule has 25 heavy (non-hydrogen) atoms. The molecule has 2 N–H and O–H groups in total. The largest absolute Gasteiger partial charge is 0.490 e. The maximum Gasteiger partial charge on any atom is 0.303 e. The van der Waals surface area contributed by atoms with E-state index in [-0.39, 0.29) is 18.7 Å². The fraction of sp³-hybridized carbons (Fsp3) is 0.556. The number of hydrogen-bond acceptors (Lipinski definition) is 5. The molecule has 0 atom stereocenters. The Labute approximate surface area is 148 Å². The highest BCUT2D eigenvalue weighted by atomic mass is 16.5. The summed E-state index contributed by atoms with van der Waals surface area (Å²) < 4.78 is 11.4. The number of carboxylic acids is 1. The molecule has 0 aliphatic rings. The molecule has 7 heteroatoms. The predicted molar refractivity (Wildman–Crippen MR) is 95.2 cm³/mol. The van der Waals surface area contributed by atoms with Gasteiger partial charge in [0.25, 0.3) is 0 Å². The van der Waals surface area contributed by atoms with Gasteiger partial charge in [0.05, 0.1) is 13.0 Å². The van der Waals surface area contributed by atoms with E-state index in [4.69, 9.17) is 14.6 Å². The third kappa shape index (κ3) is 8.95. The molecule has 0 bridgehead atoms. The lowest BCUT2D eigenvalue weighted by Crippen LogP contribution is -2.26. The van der Waals surface area contributed by atoms with E-state index >= 15 is 0 Å². The van der Waals surface area contributed by atoms with Gasteiger partial charge in [-0.05, 0) is 45.1 Å². The molecule has 1 aromatic carbocycles. The fourth-order valence-corrected chi connectivity index (χ4v) is 2.09. The minimum atomic E-state index is -0.971. The second kappa shape index (κ2) is 11.3. The van der Waals surface area contributed by atoms with Crippen molar-refractivity contribution in [1.29, 1.82) is 0 Å². The van der Waals surface area contributed by atoms with Gasteiger partial charge in [-0.3, -0.25) is 9.59 Å². The first-order valence-corrected chi connectivity index (χ1v) is 8.44. The smallest absolute Gasteiger partial charge is 0.303 e. The molecule has 140 valence electrons. The van der Waals surface area contributed by atoms with Crippen LogP contribution in [0, 0.1) is 0 Å². The fourth-order valence-electron chi connectivity index (χ4n) is 2.09. The van der Waals surface area contributed by atoms with Crippen molar-refractivity contribution in [3.63, 3.8) is 0 Å². The van der Waals surface area contributed by atoms with E-state index in [0.29, 0.717) is 37.7 Å². The molecule has 7 nitrogen and oxygen atoms in total. The van der Waals surface area contributed by atoms with Crippen molar-refractivity contribution in [2.45, 2.75) is 26.2 Å². The number of likely N-dealkylation sites (N-methyl/N-ethyl adjacent to an activating group) is 1. The quantitative estimate of drug-likeness (QED) is 0.593. The van der Waals surface area contributed by atoms with Crippen LogP contribution in [-0.4, -0.2) is 62.3 Å². The third-order valence-electron chi connectivity index (χ3n) is 3.41. The van der Waals surface area contributed by atoms with Crippen molar-refractivity contribution in [2.75, 3.05) is 40.4 Å². The number of ether oxygens (including phenoxy) is 2. The third-order valence-corrected chi connectivity index (χ3v) is 3.41. The van der Waals surface area contributed by atoms with E-state index in [1.807, 2.05) is 44.1 Å². The monoisotopic (exact) mass is 352 g/mol. The van der Waals surface area contributed by atoms with Crippen molar-refractivity contribution >= 4 is 11.9 Å². The minimum Gasteiger partial charge on any atom is -0.490 e. The van der Waals surface area contributed by atoms with Crippen molar-refractivity contribution < 1.29 is 24.2 Å². The van der Waals surface area contributed by atoms with E-state index < -0.39 is 5.97 Å². The summed E-state index contributed by atoms with van der Waals surface area (Å²) in [5.41, 5.74) is 1.02. The Morgan fingerprint density at radius 3 is 2.56 bits per heavy atom. The Kier molecular flexibility index (Phi) is 9.39. The molecule has 0 aromatic heterocycles. The number of amides is 1. The lowest BCUT2D eigenvalue weighted by molar-refractivity contribution is -0.138. The van der Waals surface area contributed by atoms with Crippen LogP contribution in [-0.2, 0) is 16.0 Å². The number of nitrogens with zero attached hydrogens (tertiary/aromatic N) is 1. The van der Waals surface area contributed by atoms with Crippen LogP contribution in [0.3, 0.4) is 0 Å². The van der Waals surface area contributed by atoms with Gasteiger partial charge in [0.15, 0.2) is 11.5 Å². The Balaban J connectivity index is 2.52. The molecule has 0 fully saturated rings. The molecular formula is C18H28N2O5. The van der Waals surface area contributed by atoms with Crippen molar-refractivity contribution in [1.82, 2.24) is 10.2 Å². The topological polar surface area (TPSA) is 88.1 Å². The van der Waals surface area contributed by atoms with Gasteiger partial charge >= 0.3 is 5.97 Å². The maximum atomic E-state index is 11.5. The molecule has 0 saturated heterocycles. The van der Waals surface area contributed by atoms with Gasteiger partial charge < -0.3 is 24.8 Å². The lowest BCUT2D eigenvalue weighted by Gasteiger charge is -2.15. The average molecular weight is 352 g/mol. The zero-order valence-electron chi connectivity index (χ0n) is 15.2. The van der Waals surface area contributed by atoms with Crippen LogP contribution in [0.1, 0.15) is 25.3 Å². The zero-order valence-corrected chi connectivity index (χ0v) is 15.2. The number of rotatable bonds is 12. The number of carbonyl (C=O) groups excluding carboxylic acids is 1. The van der Waals surface area contributed by atoms with Crippen molar-refractivity contribution in [3.8, 4) is 11.5 Å². The first kappa shape index (κ1) is 20.8. The van der Waals surface area contributed by atoms with Crippen LogP contribution in [0.4, 0.5) is 0 Å². The van der Waals surface area contributed by atoms with Gasteiger partial charge in [0.2, 0.25) is 5.91 Å². The van der Waals surface area contributed by atoms with Crippen LogP contribution in [0.25, 0.3) is 0 Å². The molecule has 0 radical (unpaired) electrons. The van der Waals surface area contributed by atoms with Gasteiger partial charge in [0.1, 0.15) is 6.61 Å². The van der Waals surface area contributed by atoms with E-state index in [2.05, 4.69) is 5.32 Å². The lowest BCUT2D eigenvalue weighted by atomic mass is 10.1. The predicted octanol–water partition coefficient (Wildman–Crippen LogP) is 1.55. The summed E-state index contributed by atoms with van der Waals surface area (Å²) in [6, 6.07) is 5.73. The SMILES string of the molecule is CCOc1cc(CCNC(=O)CCC(=O)O)ccc1OCCN(C)C. The summed E-state index contributed by atoms with van der Waals surface area (Å²) >= 11 is 0. The number of carbonyl (C=O) groups is 2. The van der Waals surface area contributed by atoms with E-state index in [1.54, 1.807) is 0 Å². The normalized spacial score (nSPS) is 10.6. The molecular weight excluding hydrogens is 324 g/mol. The number of benzene rings is 1. The Hall–Kier alpha value is -2.28. The standard InChI is InChI=1S/C18H28N2O5/c1-4-24-16-13-14(5-6-15(16)25-12-11-20(2)3)9-10-19-17(21)7-8-18(22)23/h5-6,13H,4,7-12H2,1-3H3,(H,19,21)(H,22,23). The summed E-state index contributed by atoms with van der Waals surface area (Å²) in [6.07, 6.45) is 0.481. The van der Waals surface area contributed by atoms with E-state index in [1.165, 1.54) is 0 Å². The van der Waals surface area contributed by atoms with Gasteiger partial charge in [-0.25, -0.2) is 0 Å². The molecule has 1 amide bonds. The number of carboxylic acid groups (broad SMARTS) is 1. The summed E-state index contributed by atoms with van der Waals surface area (Å²) in [4.78, 5) is 24.0. The minimum absolute atomic E-state index is 0.00180. The molecule has 1 aromatic rings. The van der Waals surface area contributed by atoms with Gasteiger partial charge in [-0.1, -0.05) is 6.07 Å². The number of hydrogen-bond donors (Lipinski definition) is 2. The highest BCUT2D eigenvalue weighted by molar-refractivity contribution is 5.80. The van der Waals surface area contributed by atoms with Crippen LogP contribution in [0.2, 0.25) is 0 Å². The van der Waals surface area contributed by atoms with Crippen molar-refractivity contribution in [2.24, 2.45) is 0 Å². The molecule has 0 saturated carbocycles. The first-order chi connectivity index (χ1) is 11.9. The van der Waals surface area contributed by atoms with Crippen LogP contribution in [0.5, 0.6) is 11.5 Å². The van der Waals surface area contributed by atoms with Crippen molar-refractivity contribution in [3.05, 3.63) is 23.8 Å². The molecule has 0 aliphatic carbocycles. The maximum absolute atomic E-state index is 11.5. The Morgan fingerprint density at radius 2 is 1.92 bits per heavy atom. The van der Waals surface area contributed by atoms with E-state index in [9.17, 15) is 9.59 Å². The molecule has 0 spiro atoms. The number of nitrogens with one attached hydrogen (secondary N) is 1. The zero-order chi connectivity index (χ0) is 18.7. The highest BCUT2D eigenvalue weighted by Crippen LogP contribution is 2.28. The number of aliphatic carboxylic acids is 1. The molecule has 0 unspecified atom stereocenters. The highest BCUT2D eigenvalue weighted by Gasteiger charge is 2.08. The molecule has 0 heterocycles. The summed E-state index contributed by atoms with van der Waals surface area (Å²) in [5.74, 6) is 0.173. The summed E-state index contributed by atoms with van der Waals surface area (Å²) in [6.45, 7) is 4.30. The molecule has 0 aliphatic heterocycles.